The Morgan fingerprint density at radius 3 is 2.44 bits per heavy atom. The van der Waals surface area contributed by atoms with Crippen LogP contribution < -0.4 is 0 Å². The number of rotatable bonds is 8. The van der Waals surface area contributed by atoms with Gasteiger partial charge in [-0.15, -0.1) is 0 Å². The SMILES string of the molecule is CCCCCC=C1OC(=O)C1CCCCC. The first kappa shape index (κ1) is 13.3. The molecule has 0 aliphatic carbocycles. The number of allylic oxidation sites excluding steroid dienone is 1. The van der Waals surface area contributed by atoms with E-state index in [2.05, 4.69) is 19.9 Å². The Bertz CT molecular complexity index is 243. The molecule has 0 aromatic carbocycles. The van der Waals surface area contributed by atoms with E-state index in [9.17, 15) is 4.79 Å². The molecule has 1 saturated heterocycles. The highest BCUT2D eigenvalue weighted by Gasteiger charge is 2.36. The molecule has 1 unspecified atom stereocenters. The maximum atomic E-state index is 11.3. The highest BCUT2D eigenvalue weighted by molar-refractivity contribution is 5.82. The molecule has 0 amide bonds. The summed E-state index contributed by atoms with van der Waals surface area (Å²) in [5, 5.41) is 0. The quantitative estimate of drug-likeness (QED) is 0.456. The van der Waals surface area contributed by atoms with Crippen LogP contribution in [0.25, 0.3) is 0 Å². The number of hydrogen-bond acceptors (Lipinski definition) is 2. The zero-order valence-electron chi connectivity index (χ0n) is 10.6. The van der Waals surface area contributed by atoms with E-state index in [-0.39, 0.29) is 11.9 Å². The van der Waals surface area contributed by atoms with E-state index in [1.165, 1.54) is 32.1 Å². The summed E-state index contributed by atoms with van der Waals surface area (Å²) in [4.78, 5) is 11.3. The molecule has 1 rings (SSSR count). The van der Waals surface area contributed by atoms with Crippen molar-refractivity contribution in [2.45, 2.75) is 65.2 Å². The molecule has 0 radical (unpaired) electrons. The fourth-order valence-corrected chi connectivity index (χ4v) is 2.00. The van der Waals surface area contributed by atoms with Gasteiger partial charge in [0.15, 0.2) is 0 Å². The molecule has 1 aliphatic rings. The predicted molar refractivity (Wildman–Crippen MR) is 65.9 cm³/mol. The number of ether oxygens (including phenoxy) is 1. The second-order valence-electron chi connectivity index (χ2n) is 4.57. The lowest BCUT2D eigenvalue weighted by Gasteiger charge is -2.27. The summed E-state index contributed by atoms with van der Waals surface area (Å²) in [6, 6.07) is 0. The van der Waals surface area contributed by atoms with Crippen molar-refractivity contribution in [3.8, 4) is 0 Å². The van der Waals surface area contributed by atoms with Crippen molar-refractivity contribution in [2.75, 3.05) is 0 Å². The molecule has 1 atom stereocenters. The van der Waals surface area contributed by atoms with Crippen molar-refractivity contribution >= 4 is 5.97 Å². The molecule has 1 fully saturated rings. The van der Waals surface area contributed by atoms with E-state index >= 15 is 0 Å². The second-order valence-corrected chi connectivity index (χ2v) is 4.57. The van der Waals surface area contributed by atoms with Crippen LogP contribution in [0.4, 0.5) is 0 Å². The molecule has 16 heavy (non-hydrogen) atoms. The third-order valence-electron chi connectivity index (χ3n) is 3.10. The first-order valence-corrected chi connectivity index (χ1v) is 6.71. The standard InChI is InChI=1S/C14H24O2/c1-3-5-7-9-11-13-12(14(15)16-13)10-8-6-4-2/h11-12H,3-10H2,1-2H3. The van der Waals surface area contributed by atoms with Crippen LogP contribution in [0.1, 0.15) is 65.2 Å². The number of hydrogen-bond donors (Lipinski definition) is 0. The Hall–Kier alpha value is -0.790. The van der Waals surface area contributed by atoms with E-state index in [4.69, 9.17) is 4.74 Å². The molecule has 0 saturated carbocycles. The Balaban J connectivity index is 2.23. The van der Waals surface area contributed by atoms with Gasteiger partial charge in [0.05, 0.1) is 0 Å². The average molecular weight is 224 g/mol. The normalized spacial score (nSPS) is 22.0. The Labute approximate surface area is 99.1 Å². The van der Waals surface area contributed by atoms with Crippen molar-refractivity contribution in [2.24, 2.45) is 5.92 Å². The lowest BCUT2D eigenvalue weighted by Crippen LogP contribution is -2.32. The van der Waals surface area contributed by atoms with Crippen molar-refractivity contribution in [3.63, 3.8) is 0 Å². The lowest BCUT2D eigenvalue weighted by molar-refractivity contribution is -0.157. The van der Waals surface area contributed by atoms with Crippen molar-refractivity contribution < 1.29 is 9.53 Å². The van der Waals surface area contributed by atoms with Gasteiger partial charge >= 0.3 is 5.97 Å². The van der Waals surface area contributed by atoms with Crippen molar-refractivity contribution in [3.05, 3.63) is 11.8 Å². The Morgan fingerprint density at radius 2 is 1.81 bits per heavy atom. The Kier molecular flexibility index (Phi) is 6.20. The predicted octanol–water partition coefficient (Wildman–Crippen LogP) is 4.20. The monoisotopic (exact) mass is 224 g/mol. The summed E-state index contributed by atoms with van der Waals surface area (Å²) in [6.45, 7) is 4.38. The number of carbonyl (C=O) groups is 1. The van der Waals surface area contributed by atoms with Crippen LogP contribution in [0.2, 0.25) is 0 Å². The van der Waals surface area contributed by atoms with Gasteiger partial charge in [0, 0.05) is 0 Å². The molecule has 0 bridgehead atoms. The summed E-state index contributed by atoms with van der Waals surface area (Å²) in [5.41, 5.74) is 0. The minimum Gasteiger partial charge on any atom is -0.430 e. The Morgan fingerprint density at radius 1 is 1.12 bits per heavy atom. The fourth-order valence-electron chi connectivity index (χ4n) is 2.00. The third-order valence-corrected chi connectivity index (χ3v) is 3.10. The van der Waals surface area contributed by atoms with E-state index in [1.807, 2.05) is 0 Å². The lowest BCUT2D eigenvalue weighted by atomic mass is 9.94. The van der Waals surface area contributed by atoms with Crippen molar-refractivity contribution in [1.29, 1.82) is 0 Å². The largest absolute Gasteiger partial charge is 0.430 e. The van der Waals surface area contributed by atoms with E-state index in [1.54, 1.807) is 0 Å². The molecule has 1 aliphatic heterocycles. The highest BCUT2D eigenvalue weighted by atomic mass is 16.6. The molecule has 0 aromatic rings. The number of esters is 1. The van der Waals surface area contributed by atoms with Crippen LogP contribution in [0.3, 0.4) is 0 Å². The maximum Gasteiger partial charge on any atom is 0.321 e. The van der Waals surface area contributed by atoms with Crippen LogP contribution >= 0.6 is 0 Å². The first-order valence-electron chi connectivity index (χ1n) is 6.71. The van der Waals surface area contributed by atoms with E-state index in [0.717, 1.165) is 25.0 Å². The summed E-state index contributed by atoms with van der Waals surface area (Å²) in [7, 11) is 0. The number of cyclic esters (lactones) is 1. The minimum absolute atomic E-state index is 0.0159. The van der Waals surface area contributed by atoms with Crippen LogP contribution in [-0.4, -0.2) is 5.97 Å². The summed E-state index contributed by atoms with van der Waals surface area (Å²) >= 11 is 0. The van der Waals surface area contributed by atoms with Crippen LogP contribution in [0, 0.1) is 5.92 Å². The molecule has 2 nitrogen and oxygen atoms in total. The maximum absolute atomic E-state index is 11.3. The van der Waals surface area contributed by atoms with Crippen LogP contribution in [0.5, 0.6) is 0 Å². The van der Waals surface area contributed by atoms with Gasteiger partial charge in [0.1, 0.15) is 11.7 Å². The zero-order chi connectivity index (χ0) is 11.8. The first-order chi connectivity index (χ1) is 7.79. The zero-order valence-corrected chi connectivity index (χ0v) is 10.6. The van der Waals surface area contributed by atoms with Gasteiger partial charge in [0.25, 0.3) is 0 Å². The number of carbonyl (C=O) groups excluding carboxylic acids is 1. The third kappa shape index (κ3) is 3.99. The topological polar surface area (TPSA) is 26.3 Å². The molecule has 92 valence electrons. The van der Waals surface area contributed by atoms with E-state index < -0.39 is 0 Å². The summed E-state index contributed by atoms with van der Waals surface area (Å²) in [6.07, 6.45) is 11.4. The highest BCUT2D eigenvalue weighted by Crippen LogP contribution is 2.31. The average Bonchev–Trinajstić information content (AvgIpc) is 2.28. The fraction of sp³-hybridized carbons (Fsp3) is 0.786. The molecule has 1 heterocycles. The van der Waals surface area contributed by atoms with Gasteiger partial charge in [-0.05, 0) is 25.3 Å². The van der Waals surface area contributed by atoms with Gasteiger partial charge in [-0.2, -0.15) is 0 Å². The number of unbranched alkanes of at least 4 members (excludes halogenated alkanes) is 5. The molecule has 0 spiro atoms. The van der Waals surface area contributed by atoms with Crippen LogP contribution in [0.15, 0.2) is 11.8 Å². The molecule has 2 heteroatoms. The smallest absolute Gasteiger partial charge is 0.321 e. The molecular weight excluding hydrogens is 200 g/mol. The van der Waals surface area contributed by atoms with Crippen LogP contribution in [-0.2, 0) is 9.53 Å². The van der Waals surface area contributed by atoms with Gasteiger partial charge in [-0.3, -0.25) is 4.79 Å². The van der Waals surface area contributed by atoms with Gasteiger partial charge in [-0.25, -0.2) is 0 Å². The second kappa shape index (κ2) is 7.48. The molecular formula is C14H24O2. The summed E-state index contributed by atoms with van der Waals surface area (Å²) in [5.74, 6) is 1.02. The summed E-state index contributed by atoms with van der Waals surface area (Å²) < 4.78 is 5.08. The molecule has 0 aromatic heterocycles. The van der Waals surface area contributed by atoms with Crippen molar-refractivity contribution in [1.82, 2.24) is 0 Å². The van der Waals surface area contributed by atoms with Gasteiger partial charge < -0.3 is 4.74 Å². The minimum atomic E-state index is -0.0159. The molecule has 0 N–H and O–H groups in total. The van der Waals surface area contributed by atoms with E-state index in [0.29, 0.717) is 0 Å². The van der Waals surface area contributed by atoms with Gasteiger partial charge in [-0.1, -0.05) is 46.0 Å². The van der Waals surface area contributed by atoms with Gasteiger partial charge in [0.2, 0.25) is 0 Å².